The average molecular weight is 905 g/mol. The van der Waals surface area contributed by atoms with E-state index in [1.807, 2.05) is 5.32 Å². The summed E-state index contributed by atoms with van der Waals surface area (Å²) in [5.74, 6) is -10.9. The van der Waals surface area contributed by atoms with Gasteiger partial charge in [-0.1, -0.05) is 13.8 Å². The molecule has 0 spiro atoms. The van der Waals surface area contributed by atoms with Crippen molar-refractivity contribution in [3.63, 3.8) is 0 Å². The van der Waals surface area contributed by atoms with E-state index in [0.717, 1.165) is 0 Å². The second kappa shape index (κ2) is 26.7. The van der Waals surface area contributed by atoms with Crippen LogP contribution in [0.25, 0.3) is 0 Å². The van der Waals surface area contributed by atoms with Crippen molar-refractivity contribution in [3.8, 4) is 0 Å². The molecule has 9 amide bonds. The number of amides is 9. The number of nitrogens with one attached hydrogen (secondary N) is 8. The van der Waals surface area contributed by atoms with Gasteiger partial charge < -0.3 is 73.6 Å². The van der Waals surface area contributed by atoms with Crippen LogP contribution in [0.2, 0.25) is 0 Å². The van der Waals surface area contributed by atoms with Crippen molar-refractivity contribution < 1.29 is 73.2 Å². The molecule has 0 aromatic heterocycles. The van der Waals surface area contributed by atoms with E-state index in [2.05, 4.69) is 37.2 Å². The molecule has 0 saturated carbocycles. The van der Waals surface area contributed by atoms with Gasteiger partial charge in [0.2, 0.25) is 53.2 Å². The minimum absolute atomic E-state index is 0.106. The summed E-state index contributed by atoms with van der Waals surface area (Å²) in [5.41, 5.74) is 5.31. The molecule has 0 aliphatic carbocycles. The van der Waals surface area contributed by atoms with E-state index in [9.17, 15) is 68.1 Å². The molecule has 0 unspecified atom stereocenters. The molecule has 62 heavy (non-hydrogen) atoms. The maximum Gasteiger partial charge on any atom is 0.326 e. The van der Waals surface area contributed by atoms with Gasteiger partial charge in [0, 0.05) is 6.54 Å². The first-order chi connectivity index (χ1) is 28.9. The molecule has 1 fully saturated rings. The van der Waals surface area contributed by atoms with Crippen molar-refractivity contribution in [2.45, 2.75) is 115 Å². The first-order valence-electron chi connectivity index (χ1n) is 19.6. The zero-order valence-electron chi connectivity index (χ0n) is 35.3. The van der Waals surface area contributed by atoms with Crippen LogP contribution in [0.4, 0.5) is 0 Å². The van der Waals surface area contributed by atoms with Gasteiger partial charge in [-0.15, -0.1) is 0 Å². The van der Waals surface area contributed by atoms with Crippen LogP contribution < -0.4 is 48.3 Å². The molecular formula is C36H60N10O15S. The van der Waals surface area contributed by atoms with Crippen LogP contribution in [0.3, 0.4) is 0 Å². The molecule has 0 aromatic carbocycles. The molecule has 14 N–H and O–H groups in total. The average Bonchev–Trinajstić information content (AvgIpc) is 3.69. The summed E-state index contributed by atoms with van der Waals surface area (Å²) in [6.07, 6.45) is -1.32. The van der Waals surface area contributed by atoms with E-state index in [0.29, 0.717) is 12.2 Å². The molecule has 0 bridgehead atoms. The minimum Gasteiger partial charge on any atom is -0.481 e. The topological polar surface area (TPSA) is 394 Å². The van der Waals surface area contributed by atoms with Gasteiger partial charge >= 0.3 is 11.9 Å². The van der Waals surface area contributed by atoms with E-state index < -0.39 is 152 Å². The number of carbonyl (C=O) groups is 11. The number of aliphatic carboxylic acids is 2. The molecular weight excluding hydrogens is 845 g/mol. The first kappa shape index (κ1) is 54.4. The molecule has 1 rings (SSSR count). The van der Waals surface area contributed by atoms with Crippen LogP contribution in [0, 0.1) is 5.92 Å². The van der Waals surface area contributed by atoms with E-state index in [1.165, 1.54) is 51.3 Å². The van der Waals surface area contributed by atoms with Crippen LogP contribution in [0.1, 0.15) is 60.3 Å². The Kier molecular flexibility index (Phi) is 23.4. The Bertz CT molecular complexity index is 1650. The third-order valence-electron chi connectivity index (χ3n) is 9.27. The predicted octanol–water partition coefficient (Wildman–Crippen LogP) is -6.17. The van der Waals surface area contributed by atoms with Gasteiger partial charge in [-0.25, -0.2) is 4.79 Å². The van der Waals surface area contributed by atoms with Crippen molar-refractivity contribution >= 4 is 76.9 Å². The molecule has 0 radical (unpaired) electrons. The lowest BCUT2D eigenvalue weighted by Gasteiger charge is -2.31. The second-order valence-electron chi connectivity index (χ2n) is 14.8. The quantitative estimate of drug-likeness (QED) is 0.0384. The van der Waals surface area contributed by atoms with Crippen LogP contribution >= 0.6 is 11.8 Å². The smallest absolute Gasteiger partial charge is 0.326 e. The van der Waals surface area contributed by atoms with Gasteiger partial charge in [0.15, 0.2) is 0 Å². The largest absolute Gasteiger partial charge is 0.481 e. The Balaban J connectivity index is 2.84. The maximum absolute atomic E-state index is 13.8. The molecule has 1 aliphatic heterocycles. The fourth-order valence-electron chi connectivity index (χ4n) is 5.90. The highest BCUT2D eigenvalue weighted by atomic mass is 32.2. The molecule has 25 nitrogen and oxygen atoms in total. The van der Waals surface area contributed by atoms with Gasteiger partial charge in [0.05, 0.1) is 38.3 Å². The first-order valence-corrected chi connectivity index (χ1v) is 21.0. The van der Waals surface area contributed by atoms with E-state index >= 15 is 0 Å². The number of hydrogen-bond acceptors (Lipinski definition) is 15. The number of likely N-dealkylation sites (tertiary alicyclic amines) is 1. The number of nitrogens with two attached hydrogens (primary N) is 1. The summed E-state index contributed by atoms with van der Waals surface area (Å²) in [5, 5.41) is 57.0. The van der Waals surface area contributed by atoms with Crippen LogP contribution in [-0.4, -0.2) is 183 Å². The molecule has 26 heteroatoms. The molecule has 1 aliphatic rings. The Morgan fingerprint density at radius 3 is 1.71 bits per heavy atom. The van der Waals surface area contributed by atoms with Crippen molar-refractivity contribution in [2.24, 2.45) is 11.7 Å². The van der Waals surface area contributed by atoms with Crippen LogP contribution in [0.5, 0.6) is 0 Å². The van der Waals surface area contributed by atoms with Gasteiger partial charge in [0.1, 0.15) is 42.3 Å². The zero-order chi connectivity index (χ0) is 47.4. The Morgan fingerprint density at radius 2 is 1.19 bits per heavy atom. The van der Waals surface area contributed by atoms with Crippen molar-refractivity contribution in [3.05, 3.63) is 0 Å². The van der Waals surface area contributed by atoms with E-state index in [1.54, 1.807) is 6.26 Å². The summed E-state index contributed by atoms with van der Waals surface area (Å²) in [6, 6.07) is -9.67. The monoisotopic (exact) mass is 904 g/mol. The summed E-state index contributed by atoms with van der Waals surface area (Å²) in [4.78, 5) is 139. The minimum atomic E-state index is -1.77. The summed E-state index contributed by atoms with van der Waals surface area (Å²) >= 11 is 1.38. The van der Waals surface area contributed by atoms with Gasteiger partial charge in [-0.2, -0.15) is 11.8 Å². The zero-order valence-corrected chi connectivity index (χ0v) is 36.2. The highest BCUT2D eigenvalue weighted by Gasteiger charge is 2.40. The highest BCUT2D eigenvalue weighted by molar-refractivity contribution is 7.98. The summed E-state index contributed by atoms with van der Waals surface area (Å²) in [7, 11) is 0. The standard InChI is InChI=1S/C36H60N10O15S/c1-16(2)27(33(57)42-21(36(60)61)12-26(52)53)44-25(51)15-38-30(54)17(3)40-24(50)14-39-32(56)28(18(4)47)45-31(55)22-8-7-10-46(22)35(59)20(9-11-62-6)41-34(58)29(19(5)48)43-23(49)13-37/h16-22,27-29,47-48H,7-15,37H2,1-6H3,(H,38,54)(H,39,56)(H,40,50)(H,41,58)(H,42,57)(H,43,49)(H,44,51)(H,45,55)(H,52,53)(H,60,61)/t17-,18+,19+,20-,21-,22-,27-,28-,29-/m0/s1. The van der Waals surface area contributed by atoms with Gasteiger partial charge in [-0.05, 0) is 58.0 Å². The van der Waals surface area contributed by atoms with Crippen LogP contribution in [0.15, 0.2) is 0 Å². The second-order valence-corrected chi connectivity index (χ2v) is 15.7. The van der Waals surface area contributed by atoms with Crippen LogP contribution in [-0.2, 0) is 52.7 Å². The number of nitrogens with zero attached hydrogens (tertiary/aromatic N) is 1. The number of aliphatic hydroxyl groups excluding tert-OH is 2. The number of rotatable bonds is 26. The molecule has 0 aromatic rings. The Hall–Kier alpha value is -5.60. The Labute approximate surface area is 361 Å². The third kappa shape index (κ3) is 18.2. The van der Waals surface area contributed by atoms with E-state index in [4.69, 9.17) is 10.8 Å². The SMILES string of the molecule is CSCC[C@H](NC(=O)[C@@H](NC(=O)CN)[C@@H](C)O)C(=O)N1CCC[C@H]1C(=O)N[C@H](C(=O)NCC(=O)N[C@@H](C)C(=O)NCC(=O)N[C@H](C(=O)N[C@@H](CC(=O)O)C(=O)O)C(C)C)[C@@H](C)O. The Morgan fingerprint density at radius 1 is 0.677 bits per heavy atom. The fraction of sp³-hybridized carbons (Fsp3) is 0.694. The highest BCUT2D eigenvalue weighted by Crippen LogP contribution is 2.20. The van der Waals surface area contributed by atoms with E-state index in [-0.39, 0.29) is 19.4 Å². The molecule has 1 saturated heterocycles. The number of carboxylic acids is 2. The van der Waals surface area contributed by atoms with Crippen molar-refractivity contribution in [2.75, 3.05) is 38.2 Å². The number of aliphatic hydroxyl groups is 2. The maximum atomic E-state index is 13.8. The lowest BCUT2D eigenvalue weighted by Crippen LogP contribution is -2.60. The lowest BCUT2D eigenvalue weighted by molar-refractivity contribution is -0.147. The fourth-order valence-corrected chi connectivity index (χ4v) is 6.37. The van der Waals surface area contributed by atoms with Crippen molar-refractivity contribution in [1.82, 2.24) is 47.4 Å². The molecule has 1 heterocycles. The number of hydrogen-bond donors (Lipinski definition) is 13. The molecule has 9 atom stereocenters. The number of thioether (sulfide) groups is 1. The number of carboxylic acid groups (broad SMARTS) is 2. The normalized spacial score (nSPS) is 17.3. The van der Waals surface area contributed by atoms with Crippen molar-refractivity contribution in [1.29, 1.82) is 0 Å². The lowest BCUT2D eigenvalue weighted by atomic mass is 10.0. The number of carbonyl (C=O) groups excluding carboxylic acids is 9. The predicted molar refractivity (Wildman–Crippen MR) is 218 cm³/mol. The summed E-state index contributed by atoms with van der Waals surface area (Å²) in [6.45, 7) is 5.00. The van der Waals surface area contributed by atoms with Gasteiger partial charge in [0.25, 0.3) is 0 Å². The van der Waals surface area contributed by atoms with Gasteiger partial charge in [-0.3, -0.25) is 47.9 Å². The summed E-state index contributed by atoms with van der Waals surface area (Å²) < 4.78 is 0. The molecule has 350 valence electrons. The third-order valence-corrected chi connectivity index (χ3v) is 9.91.